The molecule has 0 amide bonds. The Balaban J connectivity index is -0.000000221. The minimum Gasteiger partial charge on any atom is -0.481 e. The lowest BCUT2D eigenvalue weighted by Gasteiger charge is -2.14. The molecule has 0 saturated carbocycles. The smallest absolute Gasteiger partial charge is 0.309 e. The maximum atomic E-state index is 10.3. The predicted octanol–water partition coefficient (Wildman–Crippen LogP) is 6.39. The van der Waals surface area contributed by atoms with Gasteiger partial charge in [-0.3, -0.25) is 4.79 Å². The Morgan fingerprint density at radius 2 is 0.900 bits per heavy atom. The van der Waals surface area contributed by atoms with E-state index in [1.54, 1.807) is 13.8 Å². The second-order valence-electron chi connectivity index (χ2n) is 8.37. The van der Waals surface area contributed by atoms with E-state index in [-0.39, 0.29) is 0 Å². The van der Waals surface area contributed by atoms with Crippen LogP contribution in [-0.4, -0.2) is 11.1 Å². The van der Waals surface area contributed by atoms with Gasteiger partial charge in [0.1, 0.15) is 0 Å². The fourth-order valence-corrected chi connectivity index (χ4v) is 0.151. The van der Waals surface area contributed by atoms with Gasteiger partial charge in [0.2, 0.25) is 0 Å². The number of carbonyl (C=O) groups is 1. The largest absolute Gasteiger partial charge is 0.481 e. The summed E-state index contributed by atoms with van der Waals surface area (Å²) in [5, 5.41) is 8.44. The van der Waals surface area contributed by atoms with Crippen molar-refractivity contribution in [3.05, 3.63) is 0 Å². The molecule has 0 unspecified atom stereocenters. The lowest BCUT2D eigenvalue weighted by molar-refractivity contribution is -0.147. The van der Waals surface area contributed by atoms with Crippen molar-refractivity contribution < 1.29 is 9.90 Å². The van der Waals surface area contributed by atoms with Crippen molar-refractivity contribution in [2.45, 2.75) is 95.4 Å². The molecule has 0 heterocycles. The van der Waals surface area contributed by atoms with Crippen LogP contribution >= 0.6 is 0 Å². The van der Waals surface area contributed by atoms with E-state index in [0.29, 0.717) is 17.3 Å². The third kappa shape index (κ3) is 22.6. The molecule has 0 saturated heterocycles. The number of aliphatic carboxylic acids is 1. The number of rotatable bonds is 2. The zero-order valence-corrected chi connectivity index (χ0v) is 16.0. The number of hydrogen-bond donors (Lipinski definition) is 1. The van der Waals surface area contributed by atoms with Crippen LogP contribution in [0.3, 0.4) is 0 Å². The summed E-state index contributed by atoms with van der Waals surface area (Å²) in [6.45, 7) is 23.2. The van der Waals surface area contributed by atoms with Crippen molar-refractivity contribution in [1.82, 2.24) is 0 Å². The van der Waals surface area contributed by atoms with Gasteiger partial charge in [0.15, 0.2) is 0 Å². The second kappa shape index (κ2) is 10.2. The lowest BCUT2D eigenvalue weighted by atomic mass is 9.91. The Kier molecular flexibility index (Phi) is 12.5. The van der Waals surface area contributed by atoms with Crippen molar-refractivity contribution in [3.8, 4) is 0 Å². The lowest BCUT2D eigenvalue weighted by Crippen LogP contribution is -2.21. The van der Waals surface area contributed by atoms with Crippen LogP contribution in [0.2, 0.25) is 0 Å². The molecule has 0 fully saturated rings. The third-order valence-electron chi connectivity index (χ3n) is 3.58. The number of carboxylic acids is 1. The van der Waals surface area contributed by atoms with Crippen LogP contribution in [0.15, 0.2) is 0 Å². The number of hydrogen-bond acceptors (Lipinski definition) is 1. The van der Waals surface area contributed by atoms with Crippen LogP contribution in [0.1, 0.15) is 95.4 Å². The summed E-state index contributed by atoms with van der Waals surface area (Å²) >= 11 is 0. The summed E-state index contributed by atoms with van der Waals surface area (Å²) in [4.78, 5) is 10.3. The molecule has 0 aliphatic heterocycles. The minimum absolute atomic E-state index is 0.542. The Hall–Kier alpha value is -0.530. The van der Waals surface area contributed by atoms with Crippen LogP contribution in [0.4, 0.5) is 0 Å². The van der Waals surface area contributed by atoms with E-state index in [1.165, 1.54) is 12.8 Å². The molecule has 0 spiro atoms. The van der Waals surface area contributed by atoms with Gasteiger partial charge in [-0.2, -0.15) is 0 Å². The standard InChI is InChI=1S/C6H12O2.2C6H14/c1-4-6(2,3)5(7)8;2*1-5-6(2,3)4/h4H2,1-3H3,(H,7,8);2*5H2,1-4H3. The van der Waals surface area contributed by atoms with E-state index < -0.39 is 11.4 Å². The van der Waals surface area contributed by atoms with Crippen LogP contribution < -0.4 is 0 Å². The van der Waals surface area contributed by atoms with Gasteiger partial charge in [0.25, 0.3) is 0 Å². The highest BCUT2D eigenvalue weighted by Gasteiger charge is 2.23. The van der Waals surface area contributed by atoms with Crippen LogP contribution in [0.25, 0.3) is 0 Å². The van der Waals surface area contributed by atoms with Gasteiger partial charge in [-0.1, -0.05) is 75.2 Å². The maximum absolute atomic E-state index is 10.3. The predicted molar refractivity (Wildman–Crippen MR) is 91.2 cm³/mol. The van der Waals surface area contributed by atoms with Crippen molar-refractivity contribution in [2.24, 2.45) is 16.2 Å². The Morgan fingerprint density at radius 1 is 0.700 bits per heavy atom. The SMILES string of the molecule is CCC(C)(C)C.CCC(C)(C)C.CCC(C)(C)C(=O)O. The molecular weight excluding hydrogens is 248 g/mol. The van der Waals surface area contributed by atoms with E-state index in [0.717, 1.165) is 0 Å². The molecule has 0 atom stereocenters. The Bertz CT molecular complexity index is 225. The highest BCUT2D eigenvalue weighted by Crippen LogP contribution is 2.18. The molecule has 0 radical (unpaired) electrons. The molecule has 0 aliphatic carbocycles. The van der Waals surface area contributed by atoms with E-state index in [4.69, 9.17) is 5.11 Å². The highest BCUT2D eigenvalue weighted by atomic mass is 16.4. The van der Waals surface area contributed by atoms with Crippen molar-refractivity contribution >= 4 is 5.97 Å². The van der Waals surface area contributed by atoms with Crippen molar-refractivity contribution in [1.29, 1.82) is 0 Å². The summed E-state index contributed by atoms with van der Waals surface area (Å²) in [5.41, 5.74) is 0.542. The monoisotopic (exact) mass is 288 g/mol. The topological polar surface area (TPSA) is 37.3 Å². The molecule has 0 aliphatic rings. The maximum Gasteiger partial charge on any atom is 0.309 e. The molecule has 2 nitrogen and oxygen atoms in total. The summed E-state index contributed by atoms with van der Waals surface area (Å²) < 4.78 is 0. The third-order valence-corrected chi connectivity index (χ3v) is 3.58. The molecule has 0 aromatic carbocycles. The van der Waals surface area contributed by atoms with Crippen LogP contribution in [-0.2, 0) is 4.79 Å². The molecule has 0 rings (SSSR count). The first-order valence-electron chi connectivity index (χ1n) is 7.86. The molecular formula is C18H40O2. The van der Waals surface area contributed by atoms with E-state index in [2.05, 4.69) is 55.4 Å². The Morgan fingerprint density at radius 3 is 0.900 bits per heavy atom. The minimum atomic E-state index is -0.722. The van der Waals surface area contributed by atoms with Gasteiger partial charge in [-0.15, -0.1) is 0 Å². The average Bonchev–Trinajstić information content (AvgIpc) is 2.28. The summed E-state index contributed by atoms with van der Waals surface area (Å²) in [5.74, 6) is -0.722. The molecule has 124 valence electrons. The van der Waals surface area contributed by atoms with Crippen molar-refractivity contribution in [3.63, 3.8) is 0 Å². The fourth-order valence-electron chi connectivity index (χ4n) is 0.151. The zero-order valence-electron chi connectivity index (χ0n) is 16.0. The number of carboxylic acid groups (broad SMARTS) is 1. The molecule has 0 aromatic rings. The van der Waals surface area contributed by atoms with Crippen molar-refractivity contribution in [2.75, 3.05) is 0 Å². The zero-order chi connectivity index (χ0) is 17.2. The first-order valence-corrected chi connectivity index (χ1v) is 7.86. The van der Waals surface area contributed by atoms with Crippen LogP contribution in [0, 0.1) is 16.2 Å². The first kappa shape index (κ1) is 24.5. The second-order valence-corrected chi connectivity index (χ2v) is 8.37. The molecule has 0 bridgehead atoms. The first-order chi connectivity index (χ1) is 8.63. The van der Waals surface area contributed by atoms with E-state index >= 15 is 0 Å². The van der Waals surface area contributed by atoms with Gasteiger partial charge in [-0.05, 0) is 31.1 Å². The summed E-state index contributed by atoms with van der Waals surface area (Å²) in [6.07, 6.45) is 3.22. The van der Waals surface area contributed by atoms with Gasteiger partial charge in [0.05, 0.1) is 5.41 Å². The van der Waals surface area contributed by atoms with E-state index in [9.17, 15) is 4.79 Å². The van der Waals surface area contributed by atoms with Gasteiger partial charge >= 0.3 is 5.97 Å². The fraction of sp³-hybridized carbons (Fsp3) is 0.944. The quantitative estimate of drug-likeness (QED) is 0.639. The summed E-state index contributed by atoms with van der Waals surface area (Å²) in [6, 6.07) is 0. The molecule has 2 heteroatoms. The van der Waals surface area contributed by atoms with E-state index in [1.807, 2.05) is 6.92 Å². The molecule has 1 N–H and O–H groups in total. The normalized spacial score (nSPS) is 11.8. The average molecular weight is 289 g/mol. The molecule has 0 aromatic heterocycles. The highest BCUT2D eigenvalue weighted by molar-refractivity contribution is 5.73. The van der Waals surface area contributed by atoms with Gasteiger partial charge in [-0.25, -0.2) is 0 Å². The Labute approximate surface area is 128 Å². The summed E-state index contributed by atoms with van der Waals surface area (Å²) in [7, 11) is 0. The van der Waals surface area contributed by atoms with Gasteiger partial charge < -0.3 is 5.11 Å². The van der Waals surface area contributed by atoms with Gasteiger partial charge in [0, 0.05) is 0 Å². The molecule has 20 heavy (non-hydrogen) atoms. The van der Waals surface area contributed by atoms with Crippen LogP contribution in [0.5, 0.6) is 0 Å².